The lowest BCUT2D eigenvalue weighted by Crippen LogP contribution is -2.24. The maximum atomic E-state index is 13.2. The molecule has 0 fully saturated rings. The van der Waals surface area contributed by atoms with Gasteiger partial charge in [-0.05, 0) is 41.5 Å². The molecule has 4 aromatic rings. The number of para-hydroxylation sites is 1. The maximum absolute atomic E-state index is 13.2. The fourth-order valence-corrected chi connectivity index (χ4v) is 4.32. The van der Waals surface area contributed by atoms with Crippen molar-refractivity contribution in [2.75, 3.05) is 0 Å². The molecule has 0 aliphatic rings. The van der Waals surface area contributed by atoms with Crippen LogP contribution in [0.4, 0.5) is 0 Å². The molecule has 0 unspecified atom stereocenters. The molecule has 0 aliphatic heterocycles. The number of aromatic nitrogens is 2. The zero-order valence-electron chi connectivity index (χ0n) is 14.8. The number of fused-ring (bicyclic) bond motifs is 1. The number of halogens is 2. The predicted octanol–water partition coefficient (Wildman–Crippen LogP) is 6.04. The number of rotatable bonds is 5. The summed E-state index contributed by atoms with van der Waals surface area (Å²) in [4.78, 5) is 17.9. The SMILES string of the molecule is O=c1c2ccccc2nc(SCc2cccc(Cl)c2)n1Cc1ccccc1Cl. The maximum Gasteiger partial charge on any atom is 0.262 e. The first-order valence-corrected chi connectivity index (χ1v) is 10.5. The monoisotopic (exact) mass is 426 g/mol. The van der Waals surface area contributed by atoms with E-state index in [1.54, 1.807) is 10.6 Å². The fourth-order valence-electron chi connectivity index (χ4n) is 2.97. The van der Waals surface area contributed by atoms with Crippen molar-refractivity contribution in [2.24, 2.45) is 0 Å². The van der Waals surface area contributed by atoms with E-state index >= 15 is 0 Å². The van der Waals surface area contributed by atoms with E-state index in [1.807, 2.05) is 66.7 Å². The summed E-state index contributed by atoms with van der Waals surface area (Å²) < 4.78 is 1.69. The van der Waals surface area contributed by atoms with Crippen LogP contribution < -0.4 is 5.56 Å². The van der Waals surface area contributed by atoms with Gasteiger partial charge in [-0.1, -0.05) is 77.4 Å². The van der Waals surface area contributed by atoms with Crippen LogP contribution in [-0.2, 0) is 12.3 Å². The molecule has 28 heavy (non-hydrogen) atoms. The van der Waals surface area contributed by atoms with Crippen LogP contribution in [0.25, 0.3) is 10.9 Å². The van der Waals surface area contributed by atoms with Gasteiger partial charge >= 0.3 is 0 Å². The largest absolute Gasteiger partial charge is 0.283 e. The molecular weight excluding hydrogens is 411 g/mol. The van der Waals surface area contributed by atoms with Gasteiger partial charge in [0.1, 0.15) is 0 Å². The van der Waals surface area contributed by atoms with E-state index in [4.69, 9.17) is 28.2 Å². The van der Waals surface area contributed by atoms with Crippen LogP contribution in [-0.4, -0.2) is 9.55 Å². The van der Waals surface area contributed by atoms with Crippen molar-refractivity contribution in [3.05, 3.63) is 104 Å². The highest BCUT2D eigenvalue weighted by molar-refractivity contribution is 7.98. The Labute approximate surface area is 176 Å². The van der Waals surface area contributed by atoms with Gasteiger partial charge in [0, 0.05) is 15.8 Å². The topological polar surface area (TPSA) is 34.9 Å². The van der Waals surface area contributed by atoms with Gasteiger partial charge in [0.15, 0.2) is 5.16 Å². The molecule has 0 amide bonds. The Morgan fingerprint density at radius 2 is 1.71 bits per heavy atom. The minimum Gasteiger partial charge on any atom is -0.283 e. The molecule has 0 radical (unpaired) electrons. The third kappa shape index (κ3) is 4.09. The Morgan fingerprint density at radius 1 is 0.929 bits per heavy atom. The first-order chi connectivity index (χ1) is 13.6. The summed E-state index contributed by atoms with van der Waals surface area (Å²) in [5.41, 5.74) is 2.58. The van der Waals surface area contributed by atoms with Crippen molar-refractivity contribution in [2.45, 2.75) is 17.5 Å². The Morgan fingerprint density at radius 3 is 2.54 bits per heavy atom. The Balaban J connectivity index is 1.77. The fraction of sp³-hybridized carbons (Fsp3) is 0.0909. The quantitative estimate of drug-likeness (QED) is 0.288. The Hall–Kier alpha value is -2.27. The average molecular weight is 427 g/mol. The van der Waals surface area contributed by atoms with E-state index < -0.39 is 0 Å². The van der Waals surface area contributed by atoms with Crippen LogP contribution in [0.3, 0.4) is 0 Å². The van der Waals surface area contributed by atoms with Gasteiger partial charge in [-0.3, -0.25) is 9.36 Å². The van der Waals surface area contributed by atoms with Gasteiger partial charge in [-0.15, -0.1) is 0 Å². The van der Waals surface area contributed by atoms with Crippen molar-refractivity contribution < 1.29 is 0 Å². The van der Waals surface area contributed by atoms with Gasteiger partial charge in [-0.2, -0.15) is 0 Å². The first kappa shape index (κ1) is 19.1. The van der Waals surface area contributed by atoms with Gasteiger partial charge in [0.25, 0.3) is 5.56 Å². The molecule has 0 atom stereocenters. The zero-order valence-corrected chi connectivity index (χ0v) is 17.1. The average Bonchev–Trinajstić information content (AvgIpc) is 2.70. The lowest BCUT2D eigenvalue weighted by molar-refractivity contribution is 0.658. The van der Waals surface area contributed by atoms with Crippen LogP contribution in [0, 0.1) is 0 Å². The number of thioether (sulfide) groups is 1. The number of benzene rings is 3. The summed E-state index contributed by atoms with van der Waals surface area (Å²) in [6, 6.07) is 22.6. The van der Waals surface area contributed by atoms with E-state index in [2.05, 4.69) is 0 Å². The van der Waals surface area contributed by atoms with E-state index in [-0.39, 0.29) is 5.56 Å². The van der Waals surface area contributed by atoms with Gasteiger partial charge in [0.2, 0.25) is 0 Å². The minimum absolute atomic E-state index is 0.0703. The second-order valence-corrected chi connectivity index (χ2v) is 8.10. The normalized spacial score (nSPS) is 11.1. The van der Waals surface area contributed by atoms with Crippen molar-refractivity contribution in [3.8, 4) is 0 Å². The highest BCUT2D eigenvalue weighted by Crippen LogP contribution is 2.25. The Kier molecular flexibility index (Phi) is 5.72. The third-order valence-corrected chi connectivity index (χ3v) is 6.02. The highest BCUT2D eigenvalue weighted by Gasteiger charge is 2.13. The smallest absolute Gasteiger partial charge is 0.262 e. The summed E-state index contributed by atoms with van der Waals surface area (Å²) in [5.74, 6) is 0.661. The molecule has 0 aliphatic carbocycles. The summed E-state index contributed by atoms with van der Waals surface area (Å²) >= 11 is 13.9. The minimum atomic E-state index is -0.0703. The summed E-state index contributed by atoms with van der Waals surface area (Å²) in [6.45, 7) is 0.369. The van der Waals surface area contributed by atoms with E-state index in [0.717, 1.165) is 11.1 Å². The second-order valence-electron chi connectivity index (χ2n) is 6.31. The molecule has 0 saturated carbocycles. The van der Waals surface area contributed by atoms with Crippen LogP contribution in [0.2, 0.25) is 10.0 Å². The van der Waals surface area contributed by atoms with E-state index in [1.165, 1.54) is 11.8 Å². The molecule has 0 bridgehead atoms. The van der Waals surface area contributed by atoms with E-state index in [9.17, 15) is 4.79 Å². The summed E-state index contributed by atoms with van der Waals surface area (Å²) in [6.07, 6.45) is 0. The molecule has 6 heteroatoms. The highest BCUT2D eigenvalue weighted by atomic mass is 35.5. The first-order valence-electron chi connectivity index (χ1n) is 8.72. The van der Waals surface area contributed by atoms with Crippen LogP contribution >= 0.6 is 35.0 Å². The molecular formula is C22H16Cl2N2OS. The van der Waals surface area contributed by atoms with E-state index in [0.29, 0.717) is 38.4 Å². The van der Waals surface area contributed by atoms with Crippen LogP contribution in [0.5, 0.6) is 0 Å². The van der Waals surface area contributed by atoms with Crippen LogP contribution in [0.1, 0.15) is 11.1 Å². The molecule has 140 valence electrons. The zero-order chi connectivity index (χ0) is 19.5. The standard InChI is InChI=1S/C22H16Cl2N2OS/c23-17-8-5-6-15(12-17)14-28-22-25-20-11-4-2-9-18(20)21(27)26(22)13-16-7-1-3-10-19(16)24/h1-12H,13-14H2. The lowest BCUT2D eigenvalue weighted by atomic mass is 10.2. The van der Waals surface area contributed by atoms with Crippen molar-refractivity contribution in [1.29, 1.82) is 0 Å². The Bertz CT molecular complexity index is 1210. The number of hydrogen-bond acceptors (Lipinski definition) is 3. The molecule has 3 aromatic carbocycles. The number of nitrogens with zero attached hydrogens (tertiary/aromatic N) is 2. The molecule has 3 nitrogen and oxygen atoms in total. The van der Waals surface area contributed by atoms with Gasteiger partial charge in [0.05, 0.1) is 17.4 Å². The summed E-state index contributed by atoms with van der Waals surface area (Å²) in [5, 5.41) is 2.58. The van der Waals surface area contributed by atoms with Crippen molar-refractivity contribution in [1.82, 2.24) is 9.55 Å². The molecule has 4 rings (SSSR count). The van der Waals surface area contributed by atoms with Crippen LogP contribution in [0.15, 0.2) is 82.7 Å². The van der Waals surface area contributed by atoms with Crippen molar-refractivity contribution in [3.63, 3.8) is 0 Å². The van der Waals surface area contributed by atoms with Crippen molar-refractivity contribution >= 4 is 45.9 Å². The summed E-state index contributed by atoms with van der Waals surface area (Å²) in [7, 11) is 0. The molecule has 0 spiro atoms. The van der Waals surface area contributed by atoms with Gasteiger partial charge < -0.3 is 0 Å². The molecule has 1 heterocycles. The molecule has 0 saturated heterocycles. The number of hydrogen-bond donors (Lipinski definition) is 0. The van der Waals surface area contributed by atoms with Gasteiger partial charge in [-0.25, -0.2) is 4.98 Å². The second kappa shape index (κ2) is 8.39. The lowest BCUT2D eigenvalue weighted by Gasteiger charge is -2.14. The third-order valence-electron chi connectivity index (χ3n) is 4.37. The molecule has 0 N–H and O–H groups in total. The molecule has 1 aromatic heterocycles. The predicted molar refractivity (Wildman–Crippen MR) is 118 cm³/mol.